The van der Waals surface area contributed by atoms with Gasteiger partial charge in [-0.3, -0.25) is 4.79 Å². The highest BCUT2D eigenvalue weighted by molar-refractivity contribution is 5.95. The number of anilines is 1. The average Bonchev–Trinajstić information content (AvgIpc) is 2.47. The molecule has 0 bridgehead atoms. The lowest BCUT2D eigenvalue weighted by atomic mass is 10.1. The molecule has 1 amide bonds. The van der Waals surface area contributed by atoms with Gasteiger partial charge in [-0.2, -0.15) is 0 Å². The van der Waals surface area contributed by atoms with Gasteiger partial charge in [0.2, 0.25) is 0 Å². The zero-order valence-corrected chi connectivity index (χ0v) is 12.5. The van der Waals surface area contributed by atoms with Crippen molar-refractivity contribution in [2.45, 2.75) is 26.7 Å². The minimum atomic E-state index is 0.0664. The monoisotopic (exact) mass is 277 g/mol. The Morgan fingerprint density at radius 2 is 2.10 bits per heavy atom. The molecule has 0 unspecified atom stereocenters. The number of carbonyl (C=O) groups is 1. The number of hydrogen-bond donors (Lipinski definition) is 1. The lowest BCUT2D eigenvalue weighted by molar-refractivity contribution is 0.0303. The van der Waals surface area contributed by atoms with Gasteiger partial charge in [0, 0.05) is 30.9 Å². The molecule has 5 heteroatoms. The van der Waals surface area contributed by atoms with E-state index in [0.717, 1.165) is 18.1 Å². The van der Waals surface area contributed by atoms with E-state index in [1.165, 1.54) is 0 Å². The molecule has 110 valence electrons. The number of rotatable bonds is 4. The molecule has 1 N–H and O–H groups in total. The van der Waals surface area contributed by atoms with Crippen LogP contribution in [0.25, 0.3) is 0 Å². The molecule has 1 aliphatic heterocycles. The zero-order valence-electron chi connectivity index (χ0n) is 12.5. The van der Waals surface area contributed by atoms with Crippen LogP contribution in [-0.2, 0) is 4.74 Å². The lowest BCUT2D eigenvalue weighted by Crippen LogP contribution is -2.40. The van der Waals surface area contributed by atoms with E-state index in [4.69, 9.17) is 4.74 Å². The van der Waals surface area contributed by atoms with Crippen LogP contribution in [0.15, 0.2) is 12.1 Å². The fourth-order valence-electron chi connectivity index (χ4n) is 2.19. The Morgan fingerprint density at radius 3 is 2.70 bits per heavy atom. The summed E-state index contributed by atoms with van der Waals surface area (Å²) in [4.78, 5) is 18.9. The molecule has 5 nitrogen and oxygen atoms in total. The van der Waals surface area contributed by atoms with Gasteiger partial charge in [0.1, 0.15) is 5.82 Å². The number of amides is 1. The Labute approximate surface area is 120 Å². The van der Waals surface area contributed by atoms with Gasteiger partial charge in [-0.05, 0) is 25.0 Å². The van der Waals surface area contributed by atoms with Gasteiger partial charge in [0.15, 0.2) is 0 Å². The van der Waals surface area contributed by atoms with Crippen LogP contribution in [0.5, 0.6) is 0 Å². The third kappa shape index (κ3) is 3.48. The van der Waals surface area contributed by atoms with Crippen LogP contribution in [-0.4, -0.2) is 48.6 Å². The number of aromatic nitrogens is 1. The maximum Gasteiger partial charge on any atom is 0.254 e. The molecule has 1 aromatic heterocycles. The fraction of sp³-hybridized carbons (Fsp3) is 0.600. The Morgan fingerprint density at radius 1 is 1.40 bits per heavy atom. The van der Waals surface area contributed by atoms with Crippen molar-refractivity contribution in [3.8, 4) is 0 Å². The molecule has 0 spiro atoms. The first kappa shape index (κ1) is 14.8. The van der Waals surface area contributed by atoms with Crippen molar-refractivity contribution >= 4 is 11.7 Å². The molecule has 1 aromatic rings. The molecule has 0 aromatic carbocycles. The summed E-state index contributed by atoms with van der Waals surface area (Å²) in [5, 5.41) is 3.19. The summed E-state index contributed by atoms with van der Waals surface area (Å²) in [6, 6.07) is 3.75. The number of carbonyl (C=O) groups excluding carboxylic acids is 1. The second-order valence-corrected chi connectivity index (χ2v) is 5.26. The highest BCUT2D eigenvalue weighted by Crippen LogP contribution is 2.19. The lowest BCUT2D eigenvalue weighted by Gasteiger charge is -2.27. The van der Waals surface area contributed by atoms with Crippen LogP contribution < -0.4 is 5.32 Å². The van der Waals surface area contributed by atoms with Crippen LogP contribution in [0.4, 0.5) is 5.82 Å². The van der Waals surface area contributed by atoms with Crippen molar-refractivity contribution in [2.24, 2.45) is 0 Å². The van der Waals surface area contributed by atoms with Crippen molar-refractivity contribution in [3.63, 3.8) is 0 Å². The molecule has 0 atom stereocenters. The zero-order chi connectivity index (χ0) is 14.5. The number of pyridine rings is 1. The van der Waals surface area contributed by atoms with Crippen LogP contribution in [0.2, 0.25) is 0 Å². The number of nitrogens with one attached hydrogen (secondary N) is 1. The van der Waals surface area contributed by atoms with E-state index < -0.39 is 0 Å². The van der Waals surface area contributed by atoms with E-state index in [1.807, 2.05) is 24.0 Å². The molecular weight excluding hydrogens is 254 g/mol. The first-order valence-electron chi connectivity index (χ1n) is 7.24. The molecule has 2 heterocycles. The Bertz CT molecular complexity index is 468. The summed E-state index contributed by atoms with van der Waals surface area (Å²) in [5.74, 6) is 1.14. The molecule has 0 saturated carbocycles. The molecular formula is C15H23N3O2. The normalized spacial score (nSPS) is 15.5. The van der Waals surface area contributed by atoms with Crippen LogP contribution in [0.3, 0.4) is 0 Å². The molecule has 1 fully saturated rings. The highest BCUT2D eigenvalue weighted by atomic mass is 16.5. The van der Waals surface area contributed by atoms with E-state index in [2.05, 4.69) is 24.1 Å². The highest BCUT2D eigenvalue weighted by Gasteiger charge is 2.20. The molecule has 0 radical (unpaired) electrons. The average molecular weight is 277 g/mol. The SMILES string of the molecule is CCNc1cc(C(=O)N2CCOCC2)cc(C(C)C)n1. The summed E-state index contributed by atoms with van der Waals surface area (Å²) in [6.07, 6.45) is 0. The van der Waals surface area contributed by atoms with Crippen molar-refractivity contribution in [2.75, 3.05) is 38.2 Å². The predicted molar refractivity (Wildman–Crippen MR) is 79.2 cm³/mol. The summed E-state index contributed by atoms with van der Waals surface area (Å²) in [5.41, 5.74) is 1.65. The minimum absolute atomic E-state index is 0.0664. The largest absolute Gasteiger partial charge is 0.378 e. The van der Waals surface area contributed by atoms with Gasteiger partial charge < -0.3 is 15.0 Å². The maximum absolute atomic E-state index is 12.5. The quantitative estimate of drug-likeness (QED) is 0.916. The van der Waals surface area contributed by atoms with Crippen molar-refractivity contribution in [1.82, 2.24) is 9.88 Å². The van der Waals surface area contributed by atoms with E-state index in [9.17, 15) is 4.79 Å². The number of nitrogens with zero attached hydrogens (tertiary/aromatic N) is 2. The van der Waals surface area contributed by atoms with Gasteiger partial charge in [0.05, 0.1) is 13.2 Å². The molecule has 1 aliphatic rings. The Hall–Kier alpha value is -1.62. The molecule has 0 aliphatic carbocycles. The van der Waals surface area contributed by atoms with Gasteiger partial charge in [-0.15, -0.1) is 0 Å². The first-order chi connectivity index (χ1) is 9.61. The predicted octanol–water partition coefficient (Wildman–Crippen LogP) is 2.11. The number of morpholine rings is 1. The Balaban J connectivity index is 2.26. The molecule has 20 heavy (non-hydrogen) atoms. The summed E-state index contributed by atoms with van der Waals surface area (Å²) in [6.45, 7) is 9.54. The van der Waals surface area contributed by atoms with E-state index in [0.29, 0.717) is 37.8 Å². The first-order valence-corrected chi connectivity index (χ1v) is 7.24. The number of ether oxygens (including phenoxy) is 1. The second-order valence-electron chi connectivity index (χ2n) is 5.26. The van der Waals surface area contributed by atoms with E-state index in [1.54, 1.807) is 0 Å². The third-order valence-corrected chi connectivity index (χ3v) is 3.34. The standard InChI is InChI=1S/C15H23N3O2/c1-4-16-14-10-12(9-13(17-14)11(2)3)15(19)18-5-7-20-8-6-18/h9-11H,4-8H2,1-3H3,(H,16,17). The van der Waals surface area contributed by atoms with E-state index in [-0.39, 0.29) is 5.91 Å². The van der Waals surface area contributed by atoms with Crippen molar-refractivity contribution < 1.29 is 9.53 Å². The molecule has 1 saturated heterocycles. The smallest absolute Gasteiger partial charge is 0.254 e. The number of hydrogen-bond acceptors (Lipinski definition) is 4. The maximum atomic E-state index is 12.5. The summed E-state index contributed by atoms with van der Waals surface area (Å²) >= 11 is 0. The van der Waals surface area contributed by atoms with Crippen LogP contribution in [0.1, 0.15) is 42.7 Å². The minimum Gasteiger partial charge on any atom is -0.378 e. The summed E-state index contributed by atoms with van der Waals surface area (Å²) < 4.78 is 5.29. The third-order valence-electron chi connectivity index (χ3n) is 3.34. The van der Waals surface area contributed by atoms with Crippen LogP contribution in [0, 0.1) is 0 Å². The van der Waals surface area contributed by atoms with Gasteiger partial charge in [-0.25, -0.2) is 4.98 Å². The fourth-order valence-corrected chi connectivity index (χ4v) is 2.19. The van der Waals surface area contributed by atoms with Crippen molar-refractivity contribution in [3.05, 3.63) is 23.4 Å². The van der Waals surface area contributed by atoms with E-state index >= 15 is 0 Å². The van der Waals surface area contributed by atoms with Crippen molar-refractivity contribution in [1.29, 1.82) is 0 Å². The van der Waals surface area contributed by atoms with Gasteiger partial charge in [-0.1, -0.05) is 13.8 Å². The molecule has 2 rings (SSSR count). The van der Waals surface area contributed by atoms with Crippen LogP contribution >= 0.6 is 0 Å². The van der Waals surface area contributed by atoms with Gasteiger partial charge >= 0.3 is 0 Å². The van der Waals surface area contributed by atoms with Gasteiger partial charge in [0.25, 0.3) is 5.91 Å². The second kappa shape index (κ2) is 6.70. The summed E-state index contributed by atoms with van der Waals surface area (Å²) in [7, 11) is 0. The topological polar surface area (TPSA) is 54.5 Å². The Kier molecular flexibility index (Phi) is 4.95.